The molecule has 164 valence electrons. The predicted molar refractivity (Wildman–Crippen MR) is 119 cm³/mol. The lowest BCUT2D eigenvalue weighted by Crippen LogP contribution is -2.09. The van der Waals surface area contributed by atoms with Crippen molar-refractivity contribution in [2.75, 3.05) is 5.32 Å². The quantitative estimate of drug-likeness (QED) is 0.330. The molecule has 4 rings (SSSR count). The molecule has 0 unspecified atom stereocenters. The maximum atomic E-state index is 14.6. The highest BCUT2D eigenvalue weighted by Crippen LogP contribution is 2.28. The Kier molecular flexibility index (Phi) is 6.27. The summed E-state index contributed by atoms with van der Waals surface area (Å²) in [7, 11) is 0. The van der Waals surface area contributed by atoms with Crippen LogP contribution in [0, 0.1) is 15.9 Å². The second-order valence-corrected chi connectivity index (χ2v) is 7.79. The highest BCUT2D eigenvalue weighted by atomic mass is 35.5. The summed E-state index contributed by atoms with van der Waals surface area (Å²) >= 11 is 5.80. The Morgan fingerprint density at radius 2 is 2.03 bits per heavy atom. The molecule has 3 aromatic rings. The number of hydrogen-bond donors (Lipinski definition) is 1. The van der Waals surface area contributed by atoms with Crippen LogP contribution in [-0.2, 0) is 17.8 Å². The first-order valence-electron chi connectivity index (χ1n) is 10.1. The Hall–Kier alpha value is -3.59. The first kappa shape index (κ1) is 21.6. The number of hydrogen-bond acceptors (Lipinski definition) is 5. The van der Waals surface area contributed by atoms with Gasteiger partial charge in [0.05, 0.1) is 10.5 Å². The summed E-state index contributed by atoms with van der Waals surface area (Å²) in [6.45, 7) is 0.726. The predicted octanol–water partition coefficient (Wildman–Crippen LogP) is 5.02. The molecule has 1 aliphatic heterocycles. The fourth-order valence-electron chi connectivity index (χ4n) is 3.59. The molecule has 2 aromatic carbocycles. The van der Waals surface area contributed by atoms with Crippen LogP contribution in [0.15, 0.2) is 42.5 Å². The number of halogens is 2. The first-order valence-corrected chi connectivity index (χ1v) is 10.4. The molecule has 0 bridgehead atoms. The second-order valence-electron chi connectivity index (χ2n) is 7.39. The third-order valence-electron chi connectivity index (χ3n) is 5.18. The minimum Gasteiger partial charge on any atom is -0.322 e. The Bertz CT molecular complexity index is 1220. The molecule has 2 heterocycles. The number of nitrogens with one attached hydrogen (secondary N) is 1. The fraction of sp³-hybridized carbons (Fsp3) is 0.227. The first-order chi connectivity index (χ1) is 15.4. The molecule has 0 aliphatic carbocycles. The number of aromatic nitrogens is 3. The SMILES string of the molecule is O=C(/C=C/c1ccc(Cl)c([N+](=O)[O-])c1)Nc1ccc(F)c(-c2nnc3n2CCCCC3)c1. The van der Waals surface area contributed by atoms with Gasteiger partial charge < -0.3 is 9.88 Å². The van der Waals surface area contributed by atoms with E-state index in [-0.39, 0.29) is 16.3 Å². The van der Waals surface area contributed by atoms with Gasteiger partial charge in [0, 0.05) is 30.8 Å². The lowest BCUT2D eigenvalue weighted by atomic mass is 10.1. The molecule has 0 radical (unpaired) electrons. The molecule has 1 N–H and O–H groups in total. The maximum Gasteiger partial charge on any atom is 0.288 e. The van der Waals surface area contributed by atoms with Crippen LogP contribution in [-0.4, -0.2) is 25.6 Å². The number of nitrogens with zero attached hydrogens (tertiary/aromatic N) is 4. The summed E-state index contributed by atoms with van der Waals surface area (Å²) in [5, 5.41) is 22.1. The summed E-state index contributed by atoms with van der Waals surface area (Å²) in [6, 6.07) is 8.49. The number of aryl methyl sites for hydroxylation is 1. The number of carbonyl (C=O) groups excluding carboxylic acids is 1. The number of amides is 1. The van der Waals surface area contributed by atoms with Gasteiger partial charge in [-0.15, -0.1) is 10.2 Å². The van der Waals surface area contributed by atoms with E-state index < -0.39 is 16.6 Å². The zero-order chi connectivity index (χ0) is 22.7. The van der Waals surface area contributed by atoms with Gasteiger partial charge in [0.15, 0.2) is 5.82 Å². The molecule has 0 spiro atoms. The van der Waals surface area contributed by atoms with E-state index >= 15 is 0 Å². The molecule has 1 aliphatic rings. The average molecular weight is 456 g/mol. The van der Waals surface area contributed by atoms with E-state index in [1.807, 2.05) is 4.57 Å². The number of fused-ring (bicyclic) bond motifs is 1. The van der Waals surface area contributed by atoms with Crippen molar-refractivity contribution < 1.29 is 14.1 Å². The minimum atomic E-state index is -0.592. The van der Waals surface area contributed by atoms with Crippen LogP contribution in [0.2, 0.25) is 5.02 Å². The molecular weight excluding hydrogens is 437 g/mol. The van der Waals surface area contributed by atoms with E-state index in [0.29, 0.717) is 17.1 Å². The largest absolute Gasteiger partial charge is 0.322 e. The number of benzene rings is 2. The van der Waals surface area contributed by atoms with E-state index in [4.69, 9.17) is 11.6 Å². The van der Waals surface area contributed by atoms with Gasteiger partial charge in [0.2, 0.25) is 5.91 Å². The molecular formula is C22H19ClFN5O3. The van der Waals surface area contributed by atoms with E-state index in [0.717, 1.165) is 38.1 Å². The van der Waals surface area contributed by atoms with E-state index in [1.165, 1.54) is 42.5 Å². The van der Waals surface area contributed by atoms with Crippen LogP contribution in [0.5, 0.6) is 0 Å². The molecule has 1 amide bonds. The Labute approximate surface area is 187 Å². The fourth-order valence-corrected chi connectivity index (χ4v) is 3.77. The van der Waals surface area contributed by atoms with Crippen molar-refractivity contribution in [3.8, 4) is 11.4 Å². The number of anilines is 1. The second kappa shape index (κ2) is 9.27. The van der Waals surface area contributed by atoms with E-state index in [1.54, 1.807) is 6.07 Å². The molecule has 8 nitrogen and oxygen atoms in total. The highest BCUT2D eigenvalue weighted by Gasteiger charge is 2.19. The summed E-state index contributed by atoms with van der Waals surface area (Å²) in [6.07, 6.45) is 6.56. The zero-order valence-electron chi connectivity index (χ0n) is 16.9. The van der Waals surface area contributed by atoms with E-state index in [9.17, 15) is 19.3 Å². The van der Waals surface area contributed by atoms with Gasteiger partial charge in [0.25, 0.3) is 5.69 Å². The molecule has 10 heteroatoms. The smallest absolute Gasteiger partial charge is 0.288 e. The summed E-state index contributed by atoms with van der Waals surface area (Å²) in [5.74, 6) is 0.359. The van der Waals surface area contributed by atoms with Crippen molar-refractivity contribution in [3.05, 3.63) is 74.8 Å². The van der Waals surface area contributed by atoms with Gasteiger partial charge in [-0.05, 0) is 48.7 Å². The molecule has 1 aromatic heterocycles. The summed E-state index contributed by atoms with van der Waals surface area (Å²) in [4.78, 5) is 22.7. The van der Waals surface area contributed by atoms with Crippen LogP contribution in [0.25, 0.3) is 17.5 Å². The molecule has 0 fully saturated rings. The summed E-state index contributed by atoms with van der Waals surface area (Å²) < 4.78 is 16.5. The van der Waals surface area contributed by atoms with Crippen molar-refractivity contribution in [2.24, 2.45) is 0 Å². The van der Waals surface area contributed by atoms with Crippen LogP contribution in [0.3, 0.4) is 0 Å². The molecule has 0 saturated heterocycles. The highest BCUT2D eigenvalue weighted by molar-refractivity contribution is 6.32. The number of nitro groups is 1. The van der Waals surface area contributed by atoms with Gasteiger partial charge in [-0.25, -0.2) is 4.39 Å². The van der Waals surface area contributed by atoms with Crippen molar-refractivity contribution in [2.45, 2.75) is 32.2 Å². The van der Waals surface area contributed by atoms with Gasteiger partial charge in [-0.1, -0.05) is 24.1 Å². The van der Waals surface area contributed by atoms with Gasteiger partial charge >= 0.3 is 0 Å². The number of nitro benzene ring substituents is 1. The maximum absolute atomic E-state index is 14.6. The van der Waals surface area contributed by atoms with Crippen LogP contribution in [0.1, 0.15) is 30.7 Å². The molecule has 32 heavy (non-hydrogen) atoms. The average Bonchev–Trinajstić information content (AvgIpc) is 3.01. The van der Waals surface area contributed by atoms with Gasteiger partial charge in [-0.2, -0.15) is 0 Å². The zero-order valence-corrected chi connectivity index (χ0v) is 17.7. The van der Waals surface area contributed by atoms with Crippen LogP contribution in [0.4, 0.5) is 15.8 Å². The number of rotatable bonds is 5. The lowest BCUT2D eigenvalue weighted by molar-refractivity contribution is -0.384. The van der Waals surface area contributed by atoms with Crippen LogP contribution >= 0.6 is 11.6 Å². The normalized spacial score (nSPS) is 13.6. The molecule has 0 atom stereocenters. The third-order valence-corrected chi connectivity index (χ3v) is 5.50. The monoisotopic (exact) mass is 455 g/mol. The Balaban J connectivity index is 1.53. The standard InChI is InChI=1S/C22H19ClFN5O3/c23-17-8-5-14(12-19(17)29(31)32)6-10-21(30)25-15-7-9-18(24)16(13-15)22-27-26-20-4-2-1-3-11-28(20)22/h5-10,12-13H,1-4,11H2,(H,25,30)/b10-6+. The summed E-state index contributed by atoms with van der Waals surface area (Å²) in [5.41, 5.74) is 0.858. The van der Waals surface area contributed by atoms with Gasteiger partial charge in [0.1, 0.15) is 16.7 Å². The number of carbonyl (C=O) groups is 1. The molecule has 0 saturated carbocycles. The van der Waals surface area contributed by atoms with E-state index in [2.05, 4.69) is 15.5 Å². The van der Waals surface area contributed by atoms with Crippen molar-refractivity contribution in [3.63, 3.8) is 0 Å². The third kappa shape index (κ3) is 4.67. The Morgan fingerprint density at radius 3 is 2.84 bits per heavy atom. The van der Waals surface area contributed by atoms with Gasteiger partial charge in [-0.3, -0.25) is 14.9 Å². The minimum absolute atomic E-state index is 0.0156. The van der Waals surface area contributed by atoms with Crippen LogP contribution < -0.4 is 5.32 Å². The van der Waals surface area contributed by atoms with Crippen molar-refractivity contribution >= 4 is 35.0 Å². The van der Waals surface area contributed by atoms with Crippen molar-refractivity contribution in [1.29, 1.82) is 0 Å². The van der Waals surface area contributed by atoms with Crippen molar-refractivity contribution in [1.82, 2.24) is 14.8 Å². The lowest BCUT2D eigenvalue weighted by Gasteiger charge is -2.10. The Morgan fingerprint density at radius 1 is 1.19 bits per heavy atom. The topological polar surface area (TPSA) is 103 Å².